The van der Waals surface area contributed by atoms with Gasteiger partial charge in [0.25, 0.3) is 0 Å². The van der Waals surface area contributed by atoms with Gasteiger partial charge in [-0.1, -0.05) is 0 Å². The zero-order valence-electron chi connectivity index (χ0n) is 9.72. The summed E-state index contributed by atoms with van der Waals surface area (Å²) in [6.45, 7) is 0. The molecule has 2 rings (SSSR count). The van der Waals surface area contributed by atoms with E-state index < -0.39 is 0 Å². The van der Waals surface area contributed by atoms with E-state index >= 15 is 0 Å². The second kappa shape index (κ2) is 5.43. The molecule has 2 aromatic carbocycles. The Morgan fingerprint density at radius 3 is 2.37 bits per heavy atom. The lowest BCUT2D eigenvalue weighted by atomic mass is 10.2. The molecule has 0 bridgehead atoms. The van der Waals surface area contributed by atoms with Crippen molar-refractivity contribution in [2.24, 2.45) is 0 Å². The Hall–Kier alpha value is -2.50. The van der Waals surface area contributed by atoms with Crippen LogP contribution in [0.5, 0.6) is 11.5 Å². The van der Waals surface area contributed by atoms with Gasteiger partial charge in [0.2, 0.25) is 0 Å². The Labute approximate surface area is 118 Å². The minimum atomic E-state index is 0.358. The van der Waals surface area contributed by atoms with Gasteiger partial charge in [-0.05, 0) is 52.3 Å². The topological polar surface area (TPSA) is 82.8 Å². The molecular weight excluding hydrogens is 306 g/mol. The van der Waals surface area contributed by atoms with E-state index in [0.29, 0.717) is 32.8 Å². The Morgan fingerprint density at radius 2 is 1.74 bits per heavy atom. The lowest BCUT2D eigenvalue weighted by molar-refractivity contribution is 0.478. The van der Waals surface area contributed by atoms with Gasteiger partial charge in [-0.2, -0.15) is 10.5 Å². The van der Waals surface area contributed by atoms with Gasteiger partial charge in [-0.3, -0.25) is 0 Å². The van der Waals surface area contributed by atoms with Gasteiger partial charge in [-0.25, -0.2) is 0 Å². The SMILES string of the molecule is N#Cc1ccc(Oc2ccc(N)cc2C#N)c(Br)c1. The first kappa shape index (κ1) is 12.9. The van der Waals surface area contributed by atoms with Crippen molar-refractivity contribution >= 4 is 21.6 Å². The molecule has 0 atom stereocenters. The van der Waals surface area contributed by atoms with Crippen LogP contribution in [0.25, 0.3) is 0 Å². The van der Waals surface area contributed by atoms with E-state index in [0.717, 1.165) is 0 Å². The Kier molecular flexibility index (Phi) is 3.70. The van der Waals surface area contributed by atoms with Gasteiger partial charge < -0.3 is 10.5 Å². The Balaban J connectivity index is 2.37. The maximum absolute atomic E-state index is 9.03. The van der Waals surface area contributed by atoms with Gasteiger partial charge in [0, 0.05) is 5.69 Å². The summed E-state index contributed by atoms with van der Waals surface area (Å²) >= 11 is 3.32. The molecule has 0 unspecified atom stereocenters. The Morgan fingerprint density at radius 1 is 1.00 bits per heavy atom. The summed E-state index contributed by atoms with van der Waals surface area (Å²) in [7, 11) is 0. The molecule has 0 aliphatic carbocycles. The number of benzene rings is 2. The normalized spacial score (nSPS) is 9.42. The summed E-state index contributed by atoms with van der Waals surface area (Å²) in [5, 5.41) is 17.8. The van der Waals surface area contributed by atoms with Gasteiger partial charge in [0.15, 0.2) is 0 Å². The van der Waals surface area contributed by atoms with Gasteiger partial charge >= 0.3 is 0 Å². The van der Waals surface area contributed by atoms with Crippen LogP contribution in [0.4, 0.5) is 5.69 Å². The molecule has 0 spiro atoms. The number of rotatable bonds is 2. The quantitative estimate of drug-likeness (QED) is 0.859. The number of hydrogen-bond donors (Lipinski definition) is 1. The highest BCUT2D eigenvalue weighted by Gasteiger charge is 2.08. The van der Waals surface area contributed by atoms with Crippen molar-refractivity contribution in [3.63, 3.8) is 0 Å². The minimum absolute atomic E-state index is 0.358. The predicted octanol–water partition coefficient (Wildman–Crippen LogP) is 3.57. The molecule has 4 nitrogen and oxygen atoms in total. The van der Waals surface area contributed by atoms with Crippen LogP contribution in [-0.2, 0) is 0 Å². The van der Waals surface area contributed by atoms with Crippen LogP contribution >= 0.6 is 15.9 Å². The Bertz CT molecular complexity index is 714. The van der Waals surface area contributed by atoms with E-state index in [9.17, 15) is 0 Å². The number of nitrogens with two attached hydrogens (primary N) is 1. The highest BCUT2D eigenvalue weighted by Crippen LogP contribution is 2.32. The third-order valence-electron chi connectivity index (χ3n) is 2.40. The molecule has 0 saturated carbocycles. The van der Waals surface area contributed by atoms with Crippen molar-refractivity contribution in [2.75, 3.05) is 5.73 Å². The van der Waals surface area contributed by atoms with Crippen molar-refractivity contribution in [1.29, 1.82) is 10.5 Å². The van der Waals surface area contributed by atoms with Crippen LogP contribution in [0.2, 0.25) is 0 Å². The third kappa shape index (κ3) is 2.85. The van der Waals surface area contributed by atoms with Crippen molar-refractivity contribution in [3.8, 4) is 23.6 Å². The summed E-state index contributed by atoms with van der Waals surface area (Å²) in [6.07, 6.45) is 0. The monoisotopic (exact) mass is 313 g/mol. The maximum atomic E-state index is 9.03. The smallest absolute Gasteiger partial charge is 0.145 e. The highest BCUT2D eigenvalue weighted by atomic mass is 79.9. The zero-order valence-corrected chi connectivity index (χ0v) is 11.3. The lowest BCUT2D eigenvalue weighted by Gasteiger charge is -2.09. The number of nitrogens with zero attached hydrogens (tertiary/aromatic N) is 2. The third-order valence-corrected chi connectivity index (χ3v) is 3.02. The largest absolute Gasteiger partial charge is 0.455 e. The van der Waals surface area contributed by atoms with E-state index in [2.05, 4.69) is 15.9 Å². The molecule has 19 heavy (non-hydrogen) atoms. The fourth-order valence-electron chi connectivity index (χ4n) is 1.50. The first-order chi connectivity index (χ1) is 9.13. The van der Waals surface area contributed by atoms with Crippen molar-refractivity contribution in [3.05, 3.63) is 52.0 Å². The summed E-state index contributed by atoms with van der Waals surface area (Å²) in [5.74, 6) is 0.947. The molecule has 2 N–H and O–H groups in total. The average molecular weight is 314 g/mol. The number of nitriles is 2. The van der Waals surface area contributed by atoms with Crippen LogP contribution < -0.4 is 10.5 Å². The molecular formula is C14H8BrN3O. The van der Waals surface area contributed by atoms with Gasteiger partial charge in [0.05, 0.1) is 21.7 Å². The summed E-state index contributed by atoms with van der Waals surface area (Å²) < 4.78 is 6.30. The van der Waals surface area contributed by atoms with Crippen molar-refractivity contribution in [1.82, 2.24) is 0 Å². The molecule has 0 aliphatic heterocycles. The number of nitrogen functional groups attached to an aromatic ring is 1. The van der Waals surface area contributed by atoms with Crippen LogP contribution in [0, 0.1) is 22.7 Å². The van der Waals surface area contributed by atoms with E-state index in [4.69, 9.17) is 21.0 Å². The molecule has 0 aromatic heterocycles. The number of ether oxygens (including phenoxy) is 1. The minimum Gasteiger partial charge on any atom is -0.455 e. The van der Waals surface area contributed by atoms with Crippen LogP contribution in [-0.4, -0.2) is 0 Å². The number of anilines is 1. The van der Waals surface area contributed by atoms with Crippen LogP contribution in [0.1, 0.15) is 11.1 Å². The molecule has 5 heteroatoms. The van der Waals surface area contributed by atoms with Crippen molar-refractivity contribution < 1.29 is 4.74 Å². The molecule has 0 fully saturated rings. The molecule has 2 aromatic rings. The molecule has 0 radical (unpaired) electrons. The predicted molar refractivity (Wildman–Crippen MR) is 74.5 cm³/mol. The number of halogens is 1. The highest BCUT2D eigenvalue weighted by molar-refractivity contribution is 9.10. The summed E-state index contributed by atoms with van der Waals surface area (Å²) in [5.41, 5.74) is 7.00. The van der Waals surface area contributed by atoms with Crippen LogP contribution in [0.3, 0.4) is 0 Å². The van der Waals surface area contributed by atoms with E-state index in [1.165, 1.54) is 0 Å². The summed E-state index contributed by atoms with van der Waals surface area (Å²) in [4.78, 5) is 0. The average Bonchev–Trinajstić information content (AvgIpc) is 2.42. The molecule has 0 amide bonds. The van der Waals surface area contributed by atoms with E-state index in [1.807, 2.05) is 12.1 Å². The fourth-order valence-corrected chi connectivity index (χ4v) is 1.96. The van der Waals surface area contributed by atoms with Gasteiger partial charge in [0.1, 0.15) is 17.6 Å². The van der Waals surface area contributed by atoms with E-state index in [-0.39, 0.29) is 0 Å². The first-order valence-electron chi connectivity index (χ1n) is 5.31. The number of hydrogen-bond acceptors (Lipinski definition) is 4. The van der Waals surface area contributed by atoms with E-state index in [1.54, 1.807) is 36.4 Å². The lowest BCUT2D eigenvalue weighted by Crippen LogP contribution is -1.92. The first-order valence-corrected chi connectivity index (χ1v) is 6.10. The second-order valence-corrected chi connectivity index (χ2v) is 4.58. The second-order valence-electron chi connectivity index (χ2n) is 3.73. The molecule has 92 valence electrons. The molecule has 0 aliphatic rings. The van der Waals surface area contributed by atoms with Gasteiger partial charge in [-0.15, -0.1) is 0 Å². The maximum Gasteiger partial charge on any atom is 0.145 e. The molecule has 0 heterocycles. The summed E-state index contributed by atoms with van der Waals surface area (Å²) in [6, 6.07) is 13.9. The standard InChI is InChI=1S/C14H8BrN3O/c15-12-5-9(7-16)1-3-14(12)19-13-4-2-11(18)6-10(13)8-17/h1-6H,18H2. The van der Waals surface area contributed by atoms with Crippen molar-refractivity contribution in [2.45, 2.75) is 0 Å². The van der Waals surface area contributed by atoms with Crippen LogP contribution in [0.15, 0.2) is 40.9 Å². The zero-order chi connectivity index (χ0) is 13.8. The molecule has 0 saturated heterocycles. The fraction of sp³-hybridized carbons (Fsp3) is 0.